The fraction of sp³-hybridized carbons (Fsp3) is 0. The van der Waals surface area contributed by atoms with Gasteiger partial charge < -0.3 is 5.11 Å². The number of aromatic hydroxyl groups is 1. The number of carbonyl (C=O) groups excluding carboxylic acids is 1. The first-order valence-corrected chi connectivity index (χ1v) is 6.66. The molecule has 3 rings (SSSR count). The maximum absolute atomic E-state index is 12.5. The Morgan fingerprint density at radius 1 is 1.10 bits per heavy atom. The lowest BCUT2D eigenvalue weighted by atomic mass is 10.00. The van der Waals surface area contributed by atoms with Crippen LogP contribution in [0, 0.1) is 0 Å². The molecule has 0 saturated heterocycles. The van der Waals surface area contributed by atoms with E-state index in [-0.39, 0.29) is 11.5 Å². The zero-order chi connectivity index (χ0) is 14.8. The van der Waals surface area contributed by atoms with E-state index in [1.54, 1.807) is 48.5 Å². The molecule has 2 N–H and O–H groups in total. The van der Waals surface area contributed by atoms with Crippen molar-refractivity contribution in [1.29, 1.82) is 0 Å². The number of carbonyl (C=O) groups is 1. The van der Waals surface area contributed by atoms with Crippen LogP contribution in [-0.2, 0) is 0 Å². The molecule has 0 unspecified atom stereocenters. The second-order valence-electron chi connectivity index (χ2n) is 4.51. The normalized spacial score (nSPS) is 10.5. The lowest BCUT2D eigenvalue weighted by Crippen LogP contribution is -2.01. The number of halogens is 1. The largest absolute Gasteiger partial charge is 0.507 e. The summed E-state index contributed by atoms with van der Waals surface area (Å²) in [4.78, 5) is 12.5. The third-order valence-corrected chi connectivity index (χ3v) is 3.42. The zero-order valence-corrected chi connectivity index (χ0v) is 11.6. The molecule has 2 aromatic carbocycles. The first-order valence-electron chi connectivity index (χ1n) is 6.29. The van der Waals surface area contributed by atoms with E-state index in [9.17, 15) is 9.90 Å². The summed E-state index contributed by atoms with van der Waals surface area (Å²) >= 11 is 5.83. The van der Waals surface area contributed by atoms with Crippen LogP contribution in [0.2, 0.25) is 5.02 Å². The number of nitrogens with zero attached hydrogens (tertiary/aromatic N) is 1. The van der Waals surface area contributed by atoms with Crippen LogP contribution in [0.4, 0.5) is 0 Å². The molecule has 0 spiro atoms. The van der Waals surface area contributed by atoms with Gasteiger partial charge in [-0.25, -0.2) is 0 Å². The second-order valence-corrected chi connectivity index (χ2v) is 4.95. The van der Waals surface area contributed by atoms with Crippen LogP contribution < -0.4 is 0 Å². The topological polar surface area (TPSA) is 66.0 Å². The molecule has 0 radical (unpaired) electrons. The Labute approximate surface area is 126 Å². The van der Waals surface area contributed by atoms with Gasteiger partial charge in [0.15, 0.2) is 5.78 Å². The summed E-state index contributed by atoms with van der Waals surface area (Å²) in [6, 6.07) is 13.4. The Balaban J connectivity index is 2.05. The molecule has 4 nitrogen and oxygen atoms in total. The molecule has 0 amide bonds. The molecule has 21 heavy (non-hydrogen) atoms. The Bertz CT molecular complexity index is 794. The number of rotatable bonds is 3. The van der Waals surface area contributed by atoms with Crippen molar-refractivity contribution in [3.63, 3.8) is 0 Å². The van der Waals surface area contributed by atoms with Gasteiger partial charge in [0, 0.05) is 16.1 Å². The fourth-order valence-corrected chi connectivity index (χ4v) is 2.23. The van der Waals surface area contributed by atoms with Crippen LogP contribution in [0.5, 0.6) is 5.75 Å². The van der Waals surface area contributed by atoms with Crippen LogP contribution in [0.25, 0.3) is 11.3 Å². The highest BCUT2D eigenvalue weighted by molar-refractivity contribution is 6.30. The first kappa shape index (κ1) is 13.4. The monoisotopic (exact) mass is 298 g/mol. The number of phenolic OH excluding ortho intramolecular Hbond substituents is 1. The van der Waals surface area contributed by atoms with Crippen LogP contribution in [0.3, 0.4) is 0 Å². The number of para-hydroxylation sites is 1. The van der Waals surface area contributed by atoms with Gasteiger partial charge in [-0.1, -0.05) is 23.7 Å². The lowest BCUT2D eigenvalue weighted by molar-refractivity contribution is 0.103. The van der Waals surface area contributed by atoms with E-state index in [0.717, 1.165) is 0 Å². The molecular formula is C16H11ClN2O2. The smallest absolute Gasteiger partial charge is 0.196 e. The summed E-state index contributed by atoms with van der Waals surface area (Å²) in [7, 11) is 0. The number of ketones is 1. The minimum atomic E-state index is -0.182. The Morgan fingerprint density at radius 3 is 2.52 bits per heavy atom. The van der Waals surface area contributed by atoms with Crippen molar-refractivity contribution in [3.8, 4) is 17.0 Å². The van der Waals surface area contributed by atoms with Crippen LogP contribution in [0.15, 0.2) is 54.7 Å². The Morgan fingerprint density at radius 2 is 1.81 bits per heavy atom. The van der Waals surface area contributed by atoms with E-state index < -0.39 is 0 Å². The predicted octanol–water partition coefficient (Wildman–Crippen LogP) is 3.67. The molecule has 0 saturated carbocycles. The molecule has 0 fully saturated rings. The van der Waals surface area contributed by atoms with Gasteiger partial charge in [0.1, 0.15) is 5.75 Å². The van der Waals surface area contributed by atoms with Gasteiger partial charge in [-0.15, -0.1) is 0 Å². The molecule has 0 atom stereocenters. The predicted molar refractivity (Wildman–Crippen MR) is 80.6 cm³/mol. The molecule has 3 aromatic rings. The van der Waals surface area contributed by atoms with Gasteiger partial charge in [0.05, 0.1) is 17.5 Å². The van der Waals surface area contributed by atoms with Crippen molar-refractivity contribution < 1.29 is 9.90 Å². The van der Waals surface area contributed by atoms with E-state index in [1.807, 2.05) is 0 Å². The van der Waals surface area contributed by atoms with Crippen LogP contribution in [-0.4, -0.2) is 21.1 Å². The summed E-state index contributed by atoms with van der Waals surface area (Å²) in [5.74, 6) is -0.0921. The average molecular weight is 299 g/mol. The molecule has 5 heteroatoms. The molecule has 0 aliphatic carbocycles. The van der Waals surface area contributed by atoms with Gasteiger partial charge in [-0.3, -0.25) is 9.89 Å². The zero-order valence-electron chi connectivity index (χ0n) is 10.9. The molecular weight excluding hydrogens is 288 g/mol. The highest BCUT2D eigenvalue weighted by Crippen LogP contribution is 2.30. The van der Waals surface area contributed by atoms with Crippen molar-refractivity contribution in [3.05, 3.63) is 70.9 Å². The summed E-state index contributed by atoms with van der Waals surface area (Å²) in [6.45, 7) is 0. The molecule has 1 aromatic heterocycles. The highest BCUT2D eigenvalue weighted by atomic mass is 35.5. The fourth-order valence-electron chi connectivity index (χ4n) is 2.11. The summed E-state index contributed by atoms with van der Waals surface area (Å²) in [6.07, 6.45) is 1.46. The summed E-state index contributed by atoms with van der Waals surface area (Å²) < 4.78 is 0. The van der Waals surface area contributed by atoms with Gasteiger partial charge in [-0.2, -0.15) is 5.10 Å². The van der Waals surface area contributed by atoms with Gasteiger partial charge in [0.25, 0.3) is 0 Å². The van der Waals surface area contributed by atoms with E-state index in [4.69, 9.17) is 11.6 Å². The summed E-state index contributed by atoms with van der Waals surface area (Å²) in [5.41, 5.74) is 1.94. The van der Waals surface area contributed by atoms with E-state index in [0.29, 0.717) is 27.4 Å². The number of H-pyrrole nitrogens is 1. The molecule has 0 aliphatic rings. The minimum Gasteiger partial charge on any atom is -0.507 e. The number of aromatic amines is 1. The van der Waals surface area contributed by atoms with Crippen molar-refractivity contribution in [2.24, 2.45) is 0 Å². The number of hydrogen-bond acceptors (Lipinski definition) is 3. The second kappa shape index (κ2) is 5.42. The van der Waals surface area contributed by atoms with Crippen LogP contribution >= 0.6 is 11.6 Å². The number of phenols is 1. The third kappa shape index (κ3) is 2.53. The van der Waals surface area contributed by atoms with Crippen LogP contribution in [0.1, 0.15) is 15.9 Å². The highest BCUT2D eigenvalue weighted by Gasteiger charge is 2.18. The van der Waals surface area contributed by atoms with Crippen molar-refractivity contribution in [1.82, 2.24) is 10.2 Å². The van der Waals surface area contributed by atoms with Gasteiger partial charge in [-0.05, 0) is 36.4 Å². The maximum atomic E-state index is 12.5. The first-order chi connectivity index (χ1) is 10.2. The molecule has 1 heterocycles. The van der Waals surface area contributed by atoms with E-state index in [2.05, 4.69) is 10.2 Å². The minimum absolute atomic E-state index is 0.0897. The summed E-state index contributed by atoms with van der Waals surface area (Å²) in [5, 5.41) is 17.2. The van der Waals surface area contributed by atoms with E-state index in [1.165, 1.54) is 6.20 Å². The number of aromatic nitrogens is 2. The SMILES string of the molecule is O=C(c1ccc(Cl)cc1)c1cn[nH]c1-c1ccccc1O. The van der Waals surface area contributed by atoms with Crippen molar-refractivity contribution >= 4 is 17.4 Å². The average Bonchev–Trinajstić information content (AvgIpc) is 2.97. The standard InChI is InChI=1S/C16H11ClN2O2/c17-11-7-5-10(6-8-11)16(21)13-9-18-19-15(13)12-3-1-2-4-14(12)20/h1-9,20H,(H,18,19). The quantitative estimate of drug-likeness (QED) is 0.725. The number of nitrogens with one attached hydrogen (secondary N) is 1. The van der Waals surface area contributed by atoms with Gasteiger partial charge in [0.2, 0.25) is 0 Å². The Kier molecular flexibility index (Phi) is 3.46. The number of benzene rings is 2. The number of hydrogen-bond donors (Lipinski definition) is 2. The van der Waals surface area contributed by atoms with Crippen molar-refractivity contribution in [2.75, 3.05) is 0 Å². The maximum Gasteiger partial charge on any atom is 0.196 e. The molecule has 0 bridgehead atoms. The van der Waals surface area contributed by atoms with Crippen molar-refractivity contribution in [2.45, 2.75) is 0 Å². The third-order valence-electron chi connectivity index (χ3n) is 3.16. The van der Waals surface area contributed by atoms with E-state index >= 15 is 0 Å². The lowest BCUT2D eigenvalue weighted by Gasteiger charge is -2.05. The van der Waals surface area contributed by atoms with Gasteiger partial charge >= 0.3 is 0 Å². The molecule has 0 aliphatic heterocycles. The molecule has 104 valence electrons. The Hall–Kier alpha value is -2.59.